The van der Waals surface area contributed by atoms with Crippen LogP contribution in [0.4, 0.5) is 0 Å². The van der Waals surface area contributed by atoms with Crippen LogP contribution in [0.15, 0.2) is 21.9 Å². The molecule has 0 aliphatic carbocycles. The minimum Gasteiger partial charge on any atom is -0.756 e. The molecule has 0 aromatic carbocycles. The van der Waals surface area contributed by atoms with Crippen molar-refractivity contribution in [3.63, 3.8) is 0 Å². The molecule has 2 heterocycles. The summed E-state index contributed by atoms with van der Waals surface area (Å²) in [5.41, 5.74) is -1.34. The molecular formula is C12H18N2O9PS-. The number of thiol groups is 1. The van der Waals surface area contributed by atoms with Crippen molar-refractivity contribution in [2.24, 2.45) is 0 Å². The van der Waals surface area contributed by atoms with Gasteiger partial charge in [0.1, 0.15) is 18.3 Å². The second-order valence-corrected chi connectivity index (χ2v) is 6.73. The molecule has 1 aliphatic heterocycles. The van der Waals surface area contributed by atoms with Crippen LogP contribution in [-0.2, 0) is 27.8 Å². The number of rotatable bonds is 8. The highest BCUT2D eigenvalue weighted by molar-refractivity contribution is 7.80. The Morgan fingerprint density at radius 3 is 2.68 bits per heavy atom. The fraction of sp³-hybridized carbons (Fsp3) is 0.667. The molecule has 5 atom stereocenters. The zero-order valence-electron chi connectivity index (χ0n) is 13.4. The molecular weight excluding hydrogens is 379 g/mol. The van der Waals surface area contributed by atoms with E-state index < -0.39 is 43.6 Å². The van der Waals surface area contributed by atoms with Crippen molar-refractivity contribution in [3.8, 4) is 0 Å². The lowest BCUT2D eigenvalue weighted by molar-refractivity contribution is -0.231. The molecule has 0 saturated carbocycles. The van der Waals surface area contributed by atoms with Crippen LogP contribution in [0.3, 0.4) is 0 Å². The van der Waals surface area contributed by atoms with E-state index in [0.717, 1.165) is 17.7 Å². The number of H-pyrrole nitrogens is 1. The molecule has 3 unspecified atom stereocenters. The summed E-state index contributed by atoms with van der Waals surface area (Å²) in [5, 5.41) is 0. The molecule has 1 fully saturated rings. The number of phosphoric acid groups is 1. The monoisotopic (exact) mass is 397 g/mol. The number of phosphoric ester groups is 1. The fourth-order valence-electron chi connectivity index (χ4n) is 2.44. The van der Waals surface area contributed by atoms with Crippen molar-refractivity contribution in [1.29, 1.82) is 0 Å². The zero-order valence-corrected chi connectivity index (χ0v) is 15.2. The van der Waals surface area contributed by atoms with Crippen molar-refractivity contribution in [2.45, 2.75) is 24.5 Å². The molecule has 0 amide bonds. The van der Waals surface area contributed by atoms with Gasteiger partial charge in [0.2, 0.25) is 0 Å². The number of nitrogens with one attached hydrogen (secondary N) is 1. The average Bonchev–Trinajstić information content (AvgIpc) is 2.86. The quantitative estimate of drug-likeness (QED) is 0.316. The highest BCUT2D eigenvalue weighted by Crippen LogP contribution is 2.45. The molecule has 1 aromatic rings. The second-order valence-electron chi connectivity index (χ2n) is 5.00. The van der Waals surface area contributed by atoms with Gasteiger partial charge in [0, 0.05) is 26.5 Å². The third-order valence-corrected chi connectivity index (χ3v) is 4.58. The van der Waals surface area contributed by atoms with E-state index in [2.05, 4.69) is 22.1 Å². The first-order valence-corrected chi connectivity index (χ1v) is 9.15. The third-order valence-electron chi connectivity index (χ3n) is 3.48. The van der Waals surface area contributed by atoms with E-state index in [1.807, 2.05) is 0 Å². The van der Waals surface area contributed by atoms with Crippen LogP contribution in [-0.4, -0.2) is 54.6 Å². The summed E-state index contributed by atoms with van der Waals surface area (Å²) in [5.74, 6) is -0.0989. The Morgan fingerprint density at radius 2 is 2.12 bits per heavy atom. The van der Waals surface area contributed by atoms with Gasteiger partial charge < -0.3 is 28.2 Å². The molecule has 0 bridgehead atoms. The van der Waals surface area contributed by atoms with E-state index in [9.17, 15) is 19.0 Å². The molecule has 142 valence electrons. The Bertz CT molecular complexity index is 738. The van der Waals surface area contributed by atoms with Crippen LogP contribution in [0, 0.1) is 0 Å². The summed E-state index contributed by atoms with van der Waals surface area (Å²) in [6.45, 7) is -0.0323. The van der Waals surface area contributed by atoms with Crippen LogP contribution in [0.1, 0.15) is 6.23 Å². The molecule has 13 heteroatoms. The van der Waals surface area contributed by atoms with Gasteiger partial charge in [-0.05, 0) is 0 Å². The average molecular weight is 397 g/mol. The Kier molecular flexibility index (Phi) is 7.00. The maximum atomic E-state index is 12.0. The maximum absolute atomic E-state index is 12.0. The summed E-state index contributed by atoms with van der Waals surface area (Å²) in [4.78, 5) is 37.0. The fourth-order valence-corrected chi connectivity index (χ4v) is 3.25. The number of hydrogen-bond donors (Lipinski definition) is 2. The van der Waals surface area contributed by atoms with Crippen LogP contribution in [0.25, 0.3) is 0 Å². The molecule has 1 aliphatic rings. The van der Waals surface area contributed by atoms with Gasteiger partial charge >= 0.3 is 5.69 Å². The first-order valence-electron chi connectivity index (χ1n) is 7.06. The Labute approximate surface area is 147 Å². The van der Waals surface area contributed by atoms with E-state index in [1.54, 1.807) is 0 Å². The van der Waals surface area contributed by atoms with Crippen LogP contribution >= 0.6 is 20.5 Å². The molecule has 11 nitrogen and oxygen atoms in total. The van der Waals surface area contributed by atoms with Gasteiger partial charge in [0.25, 0.3) is 13.4 Å². The highest BCUT2D eigenvalue weighted by Gasteiger charge is 2.49. The molecule has 0 radical (unpaired) electrons. The molecule has 25 heavy (non-hydrogen) atoms. The van der Waals surface area contributed by atoms with Gasteiger partial charge in [-0.1, -0.05) is 0 Å². The molecule has 0 spiro atoms. The van der Waals surface area contributed by atoms with Crippen molar-refractivity contribution in [3.05, 3.63) is 33.1 Å². The van der Waals surface area contributed by atoms with E-state index in [0.29, 0.717) is 0 Å². The number of aromatic amines is 1. The maximum Gasteiger partial charge on any atom is 0.330 e. The topological polar surface area (TPSA) is 141 Å². The predicted molar refractivity (Wildman–Crippen MR) is 85.3 cm³/mol. The van der Waals surface area contributed by atoms with Crippen molar-refractivity contribution < 1.29 is 32.7 Å². The minimum absolute atomic E-state index is 0.0323. The highest BCUT2D eigenvalue weighted by atomic mass is 32.1. The van der Waals surface area contributed by atoms with E-state index in [1.165, 1.54) is 13.3 Å². The third kappa shape index (κ3) is 4.80. The second kappa shape index (κ2) is 8.60. The van der Waals surface area contributed by atoms with Crippen molar-refractivity contribution in [1.82, 2.24) is 9.55 Å². The number of methoxy groups -OCH3 is 1. The van der Waals surface area contributed by atoms with Gasteiger partial charge in [-0.3, -0.25) is 18.9 Å². The van der Waals surface area contributed by atoms with Crippen molar-refractivity contribution >= 4 is 20.5 Å². The number of nitrogens with zero attached hydrogens (tertiary/aromatic N) is 1. The summed E-state index contributed by atoms with van der Waals surface area (Å²) in [7, 11) is -2.28. The summed E-state index contributed by atoms with van der Waals surface area (Å²) < 4.78 is 38.2. The summed E-state index contributed by atoms with van der Waals surface area (Å²) in [6.07, 6.45) is -2.92. The lowest BCUT2D eigenvalue weighted by Crippen LogP contribution is -2.41. The lowest BCUT2D eigenvalue weighted by Gasteiger charge is -2.30. The Morgan fingerprint density at radius 1 is 1.40 bits per heavy atom. The largest absolute Gasteiger partial charge is 0.756 e. The van der Waals surface area contributed by atoms with Gasteiger partial charge in [-0.15, -0.1) is 0 Å². The van der Waals surface area contributed by atoms with Crippen molar-refractivity contribution in [2.75, 3.05) is 26.8 Å². The molecule has 2 rings (SSSR count). The molecule has 1 saturated heterocycles. The number of aromatic nitrogens is 2. The zero-order chi connectivity index (χ0) is 18.6. The van der Waals surface area contributed by atoms with Gasteiger partial charge in [0.05, 0.1) is 12.5 Å². The smallest absolute Gasteiger partial charge is 0.330 e. The summed E-state index contributed by atoms with van der Waals surface area (Å²) >= 11 is 3.96. The SMILES string of the molecule is COC[C@H]1O[C@@H](n2ccc(=O)[nH]c2=O)C(OCS)C1OP(=O)([O-])OC. The van der Waals surface area contributed by atoms with Gasteiger partial charge in [0.15, 0.2) is 6.23 Å². The van der Waals surface area contributed by atoms with E-state index in [4.69, 9.17) is 18.7 Å². The number of ether oxygens (including phenoxy) is 3. The molecule has 1 N–H and O–H groups in total. The Balaban J connectivity index is 2.41. The molecule has 1 aromatic heterocycles. The first-order chi connectivity index (χ1) is 11.8. The summed E-state index contributed by atoms with van der Waals surface area (Å²) in [6, 6.07) is 1.12. The van der Waals surface area contributed by atoms with E-state index in [-0.39, 0.29) is 12.5 Å². The number of hydrogen-bond acceptors (Lipinski definition) is 10. The lowest BCUT2D eigenvalue weighted by atomic mass is 10.1. The van der Waals surface area contributed by atoms with Crippen LogP contribution in [0.2, 0.25) is 0 Å². The normalized spacial score (nSPS) is 28.8. The van der Waals surface area contributed by atoms with Gasteiger partial charge in [-0.2, -0.15) is 12.6 Å². The van der Waals surface area contributed by atoms with Crippen LogP contribution < -0.4 is 16.1 Å². The Hall–Kier alpha value is -0.980. The van der Waals surface area contributed by atoms with Crippen LogP contribution in [0.5, 0.6) is 0 Å². The first kappa shape index (κ1) is 20.3. The standard InChI is InChI=1S/C12H19N2O9PS/c1-19-5-7-9(23-24(17,18)20-2)10(21-6-25)11(22-7)14-4-3-8(15)13-12(14)16/h3-4,7,9-11,25H,5-6H2,1-2H3,(H,17,18)(H,13,15,16)/p-1/t7-,9?,10?,11-/m1/s1. The van der Waals surface area contributed by atoms with E-state index >= 15 is 0 Å². The minimum atomic E-state index is -4.62. The van der Waals surface area contributed by atoms with Gasteiger partial charge in [-0.25, -0.2) is 4.79 Å². The predicted octanol–water partition coefficient (Wildman–Crippen LogP) is -1.15.